The van der Waals surface area contributed by atoms with Crippen LogP contribution in [0, 0.1) is 0 Å². The minimum absolute atomic E-state index is 0.0183. The molecule has 0 amide bonds. The summed E-state index contributed by atoms with van der Waals surface area (Å²) in [6.45, 7) is 4.43. The van der Waals surface area contributed by atoms with E-state index in [-0.39, 0.29) is 19.8 Å². The molecule has 0 N–H and O–H groups in total. The van der Waals surface area contributed by atoms with Crippen molar-refractivity contribution >= 4 is 21.4 Å². The van der Waals surface area contributed by atoms with Gasteiger partial charge in [-0.1, -0.05) is 103 Å². The molecule has 0 heterocycles. The Morgan fingerprint density at radius 3 is 1.37 bits per heavy atom. The van der Waals surface area contributed by atoms with Crippen molar-refractivity contribution in [2.75, 3.05) is 39.6 Å². The third kappa shape index (κ3) is 30.7. The van der Waals surface area contributed by atoms with Crippen molar-refractivity contribution in [2.24, 2.45) is 0 Å². The van der Waals surface area contributed by atoms with Crippen molar-refractivity contribution in [2.45, 2.75) is 132 Å². The van der Waals surface area contributed by atoms with Crippen LogP contribution in [0.3, 0.4) is 0 Å². The van der Waals surface area contributed by atoms with E-state index in [9.17, 15) is 9.46 Å². The Kier molecular flexibility index (Phi) is 25.3. The van der Waals surface area contributed by atoms with Crippen LogP contribution in [-0.2, 0) is 23.1 Å². The Morgan fingerprint density at radius 1 is 0.543 bits per heavy atom. The summed E-state index contributed by atoms with van der Waals surface area (Å²) < 4.78 is 32.3. The van der Waals surface area contributed by atoms with Gasteiger partial charge in [0.25, 0.3) is 0 Å². The Balaban J connectivity index is 3.21. The van der Waals surface area contributed by atoms with E-state index in [1.807, 2.05) is 0 Å². The maximum atomic E-state index is 11.7. The van der Waals surface area contributed by atoms with Crippen molar-refractivity contribution in [3.05, 3.63) is 0 Å². The quantitative estimate of drug-likeness (QED) is 0.0525. The number of ether oxygens (including phenoxy) is 2. The predicted molar refractivity (Wildman–Crippen MR) is 149 cm³/mol. The first-order valence-electron chi connectivity index (χ1n) is 14.3. The van der Waals surface area contributed by atoms with Gasteiger partial charge in [-0.05, 0) is 6.42 Å². The van der Waals surface area contributed by atoms with Gasteiger partial charge in [-0.2, -0.15) is 0 Å². The van der Waals surface area contributed by atoms with Gasteiger partial charge in [0.15, 0.2) is 0 Å². The van der Waals surface area contributed by atoms with Gasteiger partial charge in [0.2, 0.25) is 0 Å². The molecule has 0 aliphatic rings. The average Bonchev–Trinajstić information content (AvgIpc) is 2.78. The second-order valence-electron chi connectivity index (χ2n) is 10.7. The van der Waals surface area contributed by atoms with E-state index in [1.54, 1.807) is 0 Å². The molecule has 1 unspecified atom stereocenters. The number of phosphoric ester groups is 1. The zero-order valence-corrected chi connectivity index (χ0v) is 26.4. The van der Waals surface area contributed by atoms with Gasteiger partial charge in [-0.3, -0.25) is 0 Å². The van der Waals surface area contributed by atoms with Crippen LogP contribution in [0.4, 0.5) is 0 Å². The molecule has 35 heavy (non-hydrogen) atoms. The molecule has 213 valence electrons. The molecular formula is C27H58AsO6P-. The molecular weight excluding hydrogens is 526 g/mol. The number of unbranched alkanes of at least 4 members (excludes halogenated alkanes) is 15. The minimum atomic E-state index is -4.21. The first kappa shape index (κ1) is 35.6. The van der Waals surface area contributed by atoms with Crippen molar-refractivity contribution < 1.29 is 28.0 Å². The number of rotatable bonds is 28. The monoisotopic (exact) mass is 584 g/mol. The standard InChI is InChI=1S/C27H59AsO6P/c1-5-6-7-8-9-10-11-12-13-14-15-16-17-18-19-20-22-31-24-25-32-26-27-34-35(29,30)33-23-21-28(2,3)4/h5-27H2,1-4H3,(H,29,30)/p-1. The molecule has 6 nitrogen and oxygen atoms in total. The van der Waals surface area contributed by atoms with Gasteiger partial charge < -0.3 is 0 Å². The van der Waals surface area contributed by atoms with Gasteiger partial charge >= 0.3 is 111 Å². The Bertz CT molecular complexity index is 487. The van der Waals surface area contributed by atoms with Gasteiger partial charge in [-0.15, -0.1) is 0 Å². The second-order valence-corrected chi connectivity index (χ2v) is 22.6. The average molecular weight is 585 g/mol. The molecule has 8 heteroatoms. The van der Waals surface area contributed by atoms with Gasteiger partial charge in [0.05, 0.1) is 0 Å². The van der Waals surface area contributed by atoms with E-state index in [4.69, 9.17) is 18.5 Å². The zero-order valence-electron chi connectivity index (χ0n) is 23.6. The summed E-state index contributed by atoms with van der Waals surface area (Å²) in [6.07, 6.45) is 21.9. The number of hydrogen-bond acceptors (Lipinski definition) is 6. The normalized spacial score (nSPS) is 13.9. The van der Waals surface area contributed by atoms with Crippen LogP contribution in [0.25, 0.3) is 0 Å². The van der Waals surface area contributed by atoms with Crippen LogP contribution in [0.15, 0.2) is 0 Å². The van der Waals surface area contributed by atoms with E-state index in [0.717, 1.165) is 18.2 Å². The molecule has 0 bridgehead atoms. The molecule has 0 aromatic rings. The van der Waals surface area contributed by atoms with Crippen molar-refractivity contribution in [1.82, 2.24) is 0 Å². The van der Waals surface area contributed by atoms with Crippen LogP contribution in [0.5, 0.6) is 0 Å². The van der Waals surface area contributed by atoms with Gasteiger partial charge in [-0.25, -0.2) is 0 Å². The molecule has 0 spiro atoms. The molecule has 0 aromatic heterocycles. The third-order valence-electron chi connectivity index (χ3n) is 6.00. The summed E-state index contributed by atoms with van der Waals surface area (Å²) in [5, 5.41) is 0.821. The van der Waals surface area contributed by atoms with Crippen LogP contribution in [0.1, 0.15) is 110 Å². The molecule has 0 aliphatic carbocycles. The molecule has 0 saturated carbocycles. The van der Waals surface area contributed by atoms with Crippen molar-refractivity contribution in [3.63, 3.8) is 0 Å². The maximum absolute atomic E-state index is 11.7. The zero-order chi connectivity index (χ0) is 26.1. The molecule has 1 atom stereocenters. The number of phosphoric acid groups is 1. The Labute approximate surface area is 220 Å². The van der Waals surface area contributed by atoms with E-state index in [2.05, 4.69) is 24.1 Å². The first-order chi connectivity index (χ1) is 16.8. The number of hydrogen-bond donors (Lipinski definition) is 0. The van der Waals surface area contributed by atoms with E-state index < -0.39 is 21.4 Å². The Morgan fingerprint density at radius 2 is 0.914 bits per heavy atom. The van der Waals surface area contributed by atoms with Crippen LogP contribution in [0.2, 0.25) is 22.3 Å². The molecule has 0 fully saturated rings. The summed E-state index contributed by atoms with van der Waals surface area (Å²) >= 11 is -1.64. The predicted octanol–water partition coefficient (Wildman–Crippen LogP) is 8.12. The summed E-state index contributed by atoms with van der Waals surface area (Å²) in [4.78, 5) is 11.7. The third-order valence-corrected chi connectivity index (χ3v) is 10.2. The topological polar surface area (TPSA) is 77.1 Å². The fourth-order valence-corrected chi connectivity index (χ4v) is 6.09. The van der Waals surface area contributed by atoms with Crippen molar-refractivity contribution in [1.29, 1.82) is 0 Å². The summed E-state index contributed by atoms with van der Waals surface area (Å²) in [5.41, 5.74) is 6.61. The van der Waals surface area contributed by atoms with E-state index >= 15 is 0 Å². The summed E-state index contributed by atoms with van der Waals surface area (Å²) in [6, 6.07) is 0. The van der Waals surface area contributed by atoms with Crippen LogP contribution < -0.4 is 4.89 Å². The van der Waals surface area contributed by atoms with Gasteiger partial charge in [0, 0.05) is 0 Å². The fraction of sp³-hybridized carbons (Fsp3) is 1.00. The molecule has 0 saturated heterocycles. The van der Waals surface area contributed by atoms with E-state index in [0.29, 0.717) is 13.2 Å². The second kappa shape index (κ2) is 24.9. The van der Waals surface area contributed by atoms with Crippen LogP contribution >= 0.6 is 7.82 Å². The Hall–Kier alpha value is 0.588. The van der Waals surface area contributed by atoms with E-state index in [1.165, 1.54) is 96.3 Å². The molecule has 0 rings (SSSR count). The summed E-state index contributed by atoms with van der Waals surface area (Å²) in [7, 11) is -4.21. The van der Waals surface area contributed by atoms with Crippen molar-refractivity contribution in [3.8, 4) is 0 Å². The SMILES string of the molecule is CCCCCCCCCCCCCCCCCCOCCOCCOP(=O)([O-])OCC[As](C)(C)C. The summed E-state index contributed by atoms with van der Waals surface area (Å²) in [5.74, 6) is 0. The molecule has 0 aromatic carbocycles. The first-order valence-corrected chi connectivity index (χ1v) is 22.7. The molecule has 1 radical (unpaired) electrons. The van der Waals surface area contributed by atoms with Crippen LogP contribution in [-0.4, -0.2) is 53.2 Å². The van der Waals surface area contributed by atoms with Gasteiger partial charge in [0.1, 0.15) is 0 Å². The fourth-order valence-electron chi connectivity index (χ4n) is 3.75. The molecule has 0 aliphatic heterocycles.